The van der Waals surface area contributed by atoms with Crippen molar-refractivity contribution in [2.75, 3.05) is 82.2 Å². The van der Waals surface area contributed by atoms with E-state index in [1.807, 2.05) is 41.5 Å². The summed E-state index contributed by atoms with van der Waals surface area (Å²) in [4.78, 5) is 124. The van der Waals surface area contributed by atoms with Crippen LogP contribution in [0.2, 0.25) is 0 Å². The first-order valence-corrected chi connectivity index (χ1v) is 28.7. The molecule has 0 spiro atoms. The SMILES string of the molecule is COC(=O)CC[C@@H]1C2=C(C)C3=NC([C@H](CC(=O)OC)[C@@]3(C)CCC(=O)OC)[C@]3(C)N=C(/C(C)=C4\NC(=CC(=N2)C1(C)C)[C@@](O)(CCC(=O)OC)[C@]4(C)CC(=O)NCCOCCOCCNC(=O)[C@@H](C)N)[C@@H](CCC(=O)OC)[C@]3(C)CC(=O)OC. The number of carbonyl (C=O) groups is 8. The van der Waals surface area contributed by atoms with E-state index in [0.29, 0.717) is 39.7 Å². The molecular weight excluding hydrogens is 1090 g/mol. The molecule has 8 bridgehead atoms. The third-order valence-electron chi connectivity index (χ3n) is 18.7. The summed E-state index contributed by atoms with van der Waals surface area (Å²) in [5.41, 5.74) is 0.467. The van der Waals surface area contributed by atoms with Gasteiger partial charge >= 0.3 is 35.8 Å². The Balaban J connectivity index is 1.86. The number of amides is 2. The van der Waals surface area contributed by atoms with Gasteiger partial charge in [-0.2, -0.15) is 0 Å². The number of rotatable bonds is 28. The number of carbonyl (C=O) groups excluding carboxylic acids is 8. The lowest BCUT2D eigenvalue weighted by Gasteiger charge is -2.48. The monoisotopic (exact) mass is 1180 g/mol. The van der Waals surface area contributed by atoms with Gasteiger partial charge in [-0.3, -0.25) is 53.3 Å². The number of nitrogens with zero attached hydrogens (tertiary/aromatic N) is 3. The van der Waals surface area contributed by atoms with Gasteiger partial charge in [-0.25, -0.2) is 0 Å². The van der Waals surface area contributed by atoms with Gasteiger partial charge in [0.25, 0.3) is 0 Å². The maximum absolute atomic E-state index is 14.7. The first-order chi connectivity index (χ1) is 39.4. The predicted molar refractivity (Wildman–Crippen MR) is 309 cm³/mol. The molecule has 24 heteroatoms. The molecule has 0 aromatic heterocycles. The number of aliphatic imine (C=N–C) groups is 3. The molecule has 1 unspecified atom stereocenters. The van der Waals surface area contributed by atoms with Crippen molar-refractivity contribution in [1.29, 1.82) is 0 Å². The van der Waals surface area contributed by atoms with Gasteiger partial charge in [0, 0.05) is 113 Å². The molecule has 1 saturated heterocycles. The number of aliphatic hydroxyl groups is 1. The molecule has 5 aliphatic heterocycles. The van der Waals surface area contributed by atoms with Crippen molar-refractivity contribution >= 4 is 64.8 Å². The molecule has 5 heterocycles. The zero-order chi connectivity index (χ0) is 62.8. The lowest BCUT2D eigenvalue weighted by Crippen LogP contribution is -2.55. The third kappa shape index (κ3) is 14.0. The summed E-state index contributed by atoms with van der Waals surface area (Å²) in [7, 11) is 7.67. The number of nitrogens with one attached hydrogen (secondary N) is 3. The molecule has 0 radical (unpaired) electrons. The van der Waals surface area contributed by atoms with E-state index >= 15 is 0 Å². The van der Waals surface area contributed by atoms with Crippen molar-refractivity contribution < 1.29 is 81.4 Å². The lowest BCUT2D eigenvalue weighted by molar-refractivity contribution is -0.147. The molecule has 6 N–H and O–H groups in total. The number of nitrogens with two attached hydrogens (primary N) is 1. The Kier molecular flexibility index (Phi) is 23.0. The van der Waals surface area contributed by atoms with Crippen molar-refractivity contribution in [3.05, 3.63) is 34.3 Å². The third-order valence-corrected chi connectivity index (χ3v) is 18.7. The molecule has 0 aromatic rings. The van der Waals surface area contributed by atoms with Gasteiger partial charge in [0.1, 0.15) is 5.60 Å². The number of hydrogen-bond acceptors (Lipinski definition) is 22. The molecule has 1 fully saturated rings. The molecular formula is C60H91N7O17. The van der Waals surface area contributed by atoms with Crippen molar-refractivity contribution in [2.24, 2.45) is 60.1 Å². The van der Waals surface area contributed by atoms with Crippen LogP contribution in [0.1, 0.15) is 133 Å². The quantitative estimate of drug-likeness (QED) is 0.0418. The van der Waals surface area contributed by atoms with Gasteiger partial charge in [-0.15, -0.1) is 0 Å². The zero-order valence-electron chi connectivity index (χ0n) is 51.9. The summed E-state index contributed by atoms with van der Waals surface area (Å²) in [5, 5.41) is 23.1. The van der Waals surface area contributed by atoms with Crippen LogP contribution in [-0.2, 0) is 76.3 Å². The first kappa shape index (κ1) is 68.4. The van der Waals surface area contributed by atoms with E-state index < -0.39 is 104 Å². The highest BCUT2D eigenvalue weighted by Gasteiger charge is 2.67. The molecule has 0 saturated carbocycles. The van der Waals surface area contributed by atoms with Crippen molar-refractivity contribution in [3.8, 4) is 0 Å². The van der Waals surface area contributed by atoms with E-state index in [0.717, 1.165) is 0 Å². The zero-order valence-corrected chi connectivity index (χ0v) is 51.9. The first-order valence-electron chi connectivity index (χ1n) is 28.7. The molecule has 5 rings (SSSR count). The van der Waals surface area contributed by atoms with Crippen LogP contribution in [0.3, 0.4) is 0 Å². The molecule has 84 heavy (non-hydrogen) atoms. The highest BCUT2D eigenvalue weighted by Crippen LogP contribution is 2.63. The topological polar surface area (TPSA) is 330 Å². The summed E-state index contributed by atoms with van der Waals surface area (Å²) in [6, 6.07) is -1.63. The van der Waals surface area contributed by atoms with Gasteiger partial charge in [-0.1, -0.05) is 34.6 Å². The van der Waals surface area contributed by atoms with E-state index in [-0.39, 0.29) is 122 Å². The summed E-state index contributed by atoms with van der Waals surface area (Å²) < 4.78 is 42.9. The van der Waals surface area contributed by atoms with Crippen LogP contribution in [0, 0.1) is 39.4 Å². The Morgan fingerprint density at radius 2 is 1.20 bits per heavy atom. The van der Waals surface area contributed by atoms with E-state index in [9.17, 15) is 43.5 Å². The summed E-state index contributed by atoms with van der Waals surface area (Å²) in [5.74, 6) is -6.22. The molecule has 5 aliphatic rings. The van der Waals surface area contributed by atoms with Crippen molar-refractivity contribution in [1.82, 2.24) is 16.0 Å². The fraction of sp³-hybridized carbons (Fsp3) is 0.717. The Labute approximate surface area is 493 Å². The molecule has 10 atom stereocenters. The minimum Gasteiger partial charge on any atom is -0.469 e. The standard InChI is InChI=1S/C60H91N7O17/c1-34-49-37(16-18-43(69)77-10)55(4,5)40(64-49)31-41-60(76,23-21-46(72)80-13)58(8,32-42(68)62-24-26-83-28-29-84-27-25-63-54(75)36(3)61)52(65-41)35(2)50-38(17-19-44(70)78-11)57(7,33-48(74)82-15)59(9,67-50)53-39(30-47(73)81-14)56(6,51(34)66-53)22-20-45(71)79-12/h31,36-39,53,65,76H,16-30,32-33,61H2,1-15H3,(H,62,68)(H,63,75)/b41-31?,49-34?,52-35-/t36-,37-,38-,39+,53?,56-,57+,58-,59+,60+/m1/s1. The van der Waals surface area contributed by atoms with Crippen LogP contribution in [0.5, 0.6) is 0 Å². The lowest BCUT2D eigenvalue weighted by atomic mass is 9.55. The minimum atomic E-state index is -2.08. The highest BCUT2D eigenvalue weighted by molar-refractivity contribution is 6.10. The predicted octanol–water partition coefficient (Wildman–Crippen LogP) is 4.09. The fourth-order valence-corrected chi connectivity index (χ4v) is 13.3. The van der Waals surface area contributed by atoms with Crippen LogP contribution >= 0.6 is 0 Å². The number of hydrogen-bond donors (Lipinski definition) is 5. The van der Waals surface area contributed by atoms with Gasteiger partial charge in [0.2, 0.25) is 11.8 Å². The Morgan fingerprint density at radius 3 is 1.75 bits per heavy atom. The van der Waals surface area contributed by atoms with Gasteiger partial charge in [0.15, 0.2) is 0 Å². The number of allylic oxidation sites excluding steroid dienone is 4. The van der Waals surface area contributed by atoms with Crippen molar-refractivity contribution in [2.45, 2.75) is 156 Å². The smallest absolute Gasteiger partial charge is 0.306 e. The van der Waals surface area contributed by atoms with Gasteiger partial charge < -0.3 is 64.7 Å². The van der Waals surface area contributed by atoms with Crippen LogP contribution in [0.15, 0.2) is 49.3 Å². The van der Waals surface area contributed by atoms with Gasteiger partial charge in [0.05, 0.1) is 105 Å². The second kappa shape index (κ2) is 28.2. The molecule has 24 nitrogen and oxygen atoms in total. The van der Waals surface area contributed by atoms with Crippen LogP contribution in [0.25, 0.3) is 0 Å². The Morgan fingerprint density at radius 1 is 0.679 bits per heavy atom. The average molecular weight is 1180 g/mol. The van der Waals surface area contributed by atoms with Crippen LogP contribution in [0.4, 0.5) is 0 Å². The van der Waals surface area contributed by atoms with E-state index in [4.69, 9.17) is 58.6 Å². The fourth-order valence-electron chi connectivity index (χ4n) is 13.3. The largest absolute Gasteiger partial charge is 0.469 e. The molecule has 468 valence electrons. The van der Waals surface area contributed by atoms with Gasteiger partial charge in [-0.05, 0) is 70.6 Å². The second-order valence-corrected chi connectivity index (χ2v) is 24.0. The summed E-state index contributed by atoms with van der Waals surface area (Å²) in [6.07, 6.45) is 0.508. The van der Waals surface area contributed by atoms with Crippen LogP contribution < -0.4 is 21.7 Å². The minimum absolute atomic E-state index is 0.00974. The second-order valence-electron chi connectivity index (χ2n) is 24.0. The molecule has 2 amide bonds. The maximum Gasteiger partial charge on any atom is 0.306 e. The van der Waals surface area contributed by atoms with E-state index in [1.165, 1.54) is 42.7 Å². The maximum atomic E-state index is 14.7. The van der Waals surface area contributed by atoms with Crippen molar-refractivity contribution in [3.63, 3.8) is 0 Å². The molecule has 0 aromatic carbocycles. The summed E-state index contributed by atoms with van der Waals surface area (Å²) >= 11 is 0. The van der Waals surface area contributed by atoms with Crippen LogP contribution in [-0.4, -0.2) is 175 Å². The number of ether oxygens (including phenoxy) is 8. The highest BCUT2D eigenvalue weighted by atomic mass is 16.5. The number of methoxy groups -OCH3 is 6. The average Bonchev–Trinajstić information content (AvgIpc) is 1.55. The number of esters is 6. The Hall–Kier alpha value is -6.37. The number of fused-ring (bicyclic) bond motifs is 6. The summed E-state index contributed by atoms with van der Waals surface area (Å²) in [6.45, 7) is 17.6. The Bertz CT molecular complexity index is 2730. The normalized spacial score (nSPS) is 29.6. The van der Waals surface area contributed by atoms with E-state index in [1.54, 1.807) is 26.8 Å². The van der Waals surface area contributed by atoms with E-state index in [2.05, 4.69) is 16.0 Å². The molecule has 0 aliphatic carbocycles.